The van der Waals surface area contributed by atoms with E-state index in [1.165, 1.54) is 6.07 Å². The van der Waals surface area contributed by atoms with Crippen LogP contribution in [0.15, 0.2) is 66.7 Å². The van der Waals surface area contributed by atoms with E-state index in [0.717, 1.165) is 66.7 Å². The monoisotopic (exact) mass is 498 g/mol. The zero-order valence-corrected chi connectivity index (χ0v) is 20.9. The van der Waals surface area contributed by atoms with Crippen molar-refractivity contribution in [2.45, 2.75) is 37.8 Å². The summed E-state index contributed by atoms with van der Waals surface area (Å²) in [7, 11) is 2.14. The van der Waals surface area contributed by atoms with Gasteiger partial charge in [0.15, 0.2) is 0 Å². The zero-order valence-electron chi connectivity index (χ0n) is 20.9. The fourth-order valence-electron chi connectivity index (χ4n) is 5.19. The second kappa shape index (κ2) is 9.98. The van der Waals surface area contributed by atoms with E-state index in [4.69, 9.17) is 4.74 Å². The van der Waals surface area contributed by atoms with Crippen LogP contribution in [-0.2, 0) is 0 Å². The number of piperidine rings is 1. The number of aromatic nitrogens is 2. The molecule has 190 valence electrons. The average molecular weight is 499 g/mol. The Morgan fingerprint density at radius 1 is 1.05 bits per heavy atom. The summed E-state index contributed by atoms with van der Waals surface area (Å²) in [5, 5.41) is 11.6. The highest BCUT2D eigenvalue weighted by Crippen LogP contribution is 2.42. The lowest BCUT2D eigenvalue weighted by molar-refractivity contribution is 0.0931. The molecule has 0 spiro atoms. The molecular formula is C30H31FN4O2. The molecule has 3 aromatic carbocycles. The summed E-state index contributed by atoms with van der Waals surface area (Å²) in [5.74, 6) is 0.633. The number of ether oxygens (including phenoxy) is 1. The van der Waals surface area contributed by atoms with Crippen LogP contribution in [0.25, 0.3) is 22.2 Å². The lowest BCUT2D eigenvalue weighted by Crippen LogP contribution is -2.35. The van der Waals surface area contributed by atoms with Gasteiger partial charge in [0.05, 0.1) is 17.3 Å². The second-order valence-corrected chi connectivity index (χ2v) is 10.3. The summed E-state index contributed by atoms with van der Waals surface area (Å²) in [6, 6.07) is 19.9. The van der Waals surface area contributed by atoms with Crippen LogP contribution in [0, 0.1) is 11.7 Å². The van der Waals surface area contributed by atoms with Gasteiger partial charge in [0, 0.05) is 35.2 Å². The lowest BCUT2D eigenvalue weighted by Gasteiger charge is -2.29. The molecule has 6 rings (SSSR count). The highest BCUT2D eigenvalue weighted by molar-refractivity contribution is 6.01. The van der Waals surface area contributed by atoms with E-state index in [0.29, 0.717) is 11.1 Å². The smallest absolute Gasteiger partial charge is 0.251 e. The molecule has 2 heterocycles. The molecule has 1 aliphatic heterocycles. The predicted octanol–water partition coefficient (Wildman–Crippen LogP) is 5.72. The summed E-state index contributed by atoms with van der Waals surface area (Å²) in [4.78, 5) is 15.6. The van der Waals surface area contributed by atoms with Gasteiger partial charge in [0.1, 0.15) is 17.7 Å². The molecule has 1 unspecified atom stereocenters. The van der Waals surface area contributed by atoms with Crippen molar-refractivity contribution >= 4 is 16.8 Å². The summed E-state index contributed by atoms with van der Waals surface area (Å²) in [6.45, 7) is 2.11. The number of carbonyl (C=O) groups excluding carboxylic acids is 1. The first-order valence-corrected chi connectivity index (χ1v) is 13.0. The molecule has 0 bridgehead atoms. The molecule has 4 aromatic rings. The van der Waals surface area contributed by atoms with Crippen LogP contribution in [0.1, 0.15) is 47.6 Å². The second-order valence-electron chi connectivity index (χ2n) is 10.3. The minimum absolute atomic E-state index is 0.212. The molecule has 37 heavy (non-hydrogen) atoms. The number of benzene rings is 3. The topological polar surface area (TPSA) is 70.2 Å². The molecule has 2 N–H and O–H groups in total. The molecule has 6 nitrogen and oxygen atoms in total. The molecular weight excluding hydrogens is 467 g/mol. The van der Waals surface area contributed by atoms with Crippen LogP contribution in [0.4, 0.5) is 4.39 Å². The van der Waals surface area contributed by atoms with Crippen molar-refractivity contribution in [3.8, 4) is 17.0 Å². The van der Waals surface area contributed by atoms with Crippen molar-refractivity contribution < 1.29 is 13.9 Å². The van der Waals surface area contributed by atoms with Crippen LogP contribution < -0.4 is 10.1 Å². The van der Waals surface area contributed by atoms with Gasteiger partial charge in [-0.05, 0) is 87.2 Å². The Labute approximate surface area is 215 Å². The van der Waals surface area contributed by atoms with E-state index in [2.05, 4.69) is 27.5 Å². The molecule has 2 aliphatic rings. The maximum Gasteiger partial charge on any atom is 0.251 e. The summed E-state index contributed by atoms with van der Waals surface area (Å²) in [5.41, 5.74) is 3.65. The molecule has 2 fully saturated rings. The maximum absolute atomic E-state index is 14.5. The largest absolute Gasteiger partial charge is 0.490 e. The number of halogens is 1. The molecule has 1 atom stereocenters. The quantitative estimate of drug-likeness (QED) is 0.342. The Morgan fingerprint density at radius 2 is 1.81 bits per heavy atom. The van der Waals surface area contributed by atoms with Crippen LogP contribution >= 0.6 is 0 Å². The van der Waals surface area contributed by atoms with E-state index in [9.17, 15) is 9.18 Å². The number of amides is 1. The Balaban J connectivity index is 1.21. The molecule has 0 radical (unpaired) electrons. The third-order valence-electron chi connectivity index (χ3n) is 7.54. The number of fused-ring (bicyclic) bond motifs is 1. The minimum Gasteiger partial charge on any atom is -0.490 e. The fraction of sp³-hybridized carbons (Fsp3) is 0.333. The van der Waals surface area contributed by atoms with Crippen LogP contribution in [0.3, 0.4) is 0 Å². The third-order valence-corrected chi connectivity index (χ3v) is 7.54. The van der Waals surface area contributed by atoms with Crippen LogP contribution in [-0.4, -0.2) is 47.2 Å². The number of likely N-dealkylation sites (tertiary alicyclic amines) is 1. The number of carbonyl (C=O) groups is 1. The highest BCUT2D eigenvalue weighted by atomic mass is 19.1. The van der Waals surface area contributed by atoms with E-state index >= 15 is 0 Å². The van der Waals surface area contributed by atoms with Crippen LogP contribution in [0.2, 0.25) is 0 Å². The number of aromatic amines is 1. The number of hydrogen-bond donors (Lipinski definition) is 2. The number of nitrogens with zero attached hydrogens (tertiary/aromatic N) is 2. The Morgan fingerprint density at radius 3 is 2.54 bits per heavy atom. The first kappa shape index (κ1) is 23.7. The van der Waals surface area contributed by atoms with E-state index in [-0.39, 0.29) is 29.8 Å². The third kappa shape index (κ3) is 5.09. The fourth-order valence-corrected chi connectivity index (χ4v) is 5.19. The summed E-state index contributed by atoms with van der Waals surface area (Å²) >= 11 is 0. The van der Waals surface area contributed by atoms with Crippen molar-refractivity contribution in [1.29, 1.82) is 0 Å². The van der Waals surface area contributed by atoms with Gasteiger partial charge in [-0.25, -0.2) is 4.39 Å². The normalized spacial score (nSPS) is 17.6. The number of rotatable bonds is 7. The standard InChI is InChI=1S/C30H31FN4O2/c1-35-16-14-23(15-17-35)37-22-11-8-20(9-12-22)29-25-18-21(10-13-27(25)33-34-29)30(36)32-28(19-6-7-19)24-4-2-3-5-26(24)31/h2-5,8-13,18-19,23,28H,6-7,14-17H2,1H3,(H,32,36)(H,33,34). The van der Waals surface area contributed by atoms with Crippen molar-refractivity contribution in [3.05, 3.63) is 83.7 Å². The van der Waals surface area contributed by atoms with Gasteiger partial charge in [-0.1, -0.05) is 18.2 Å². The highest BCUT2D eigenvalue weighted by Gasteiger charge is 2.35. The van der Waals surface area contributed by atoms with Gasteiger partial charge in [0.25, 0.3) is 5.91 Å². The molecule has 7 heteroatoms. The first-order valence-electron chi connectivity index (χ1n) is 13.0. The van der Waals surface area contributed by atoms with Gasteiger partial charge in [-0.15, -0.1) is 0 Å². The van der Waals surface area contributed by atoms with Crippen molar-refractivity contribution in [3.63, 3.8) is 0 Å². The number of H-pyrrole nitrogens is 1. The minimum atomic E-state index is -0.328. The van der Waals surface area contributed by atoms with Gasteiger partial charge < -0.3 is 15.0 Å². The van der Waals surface area contributed by atoms with Crippen molar-refractivity contribution in [1.82, 2.24) is 20.4 Å². The molecule has 1 aliphatic carbocycles. The van der Waals surface area contributed by atoms with Crippen molar-refractivity contribution in [2.75, 3.05) is 20.1 Å². The first-order chi connectivity index (χ1) is 18.0. The van der Waals surface area contributed by atoms with E-state index in [1.807, 2.05) is 42.5 Å². The Kier molecular flexibility index (Phi) is 6.38. The van der Waals surface area contributed by atoms with Gasteiger partial charge in [-0.3, -0.25) is 9.89 Å². The Hall–Kier alpha value is -3.71. The Bertz CT molecular complexity index is 1400. The SMILES string of the molecule is CN1CCC(Oc2ccc(-c3n[nH]c4ccc(C(=O)NC(c5ccccc5F)C5CC5)cc34)cc2)CC1. The molecule has 1 amide bonds. The molecule has 1 saturated heterocycles. The number of nitrogens with one attached hydrogen (secondary N) is 2. The van der Waals surface area contributed by atoms with Crippen molar-refractivity contribution in [2.24, 2.45) is 5.92 Å². The maximum atomic E-state index is 14.5. The number of hydrogen-bond acceptors (Lipinski definition) is 4. The summed E-state index contributed by atoms with van der Waals surface area (Å²) in [6.07, 6.45) is 4.29. The average Bonchev–Trinajstić information content (AvgIpc) is 3.68. The summed E-state index contributed by atoms with van der Waals surface area (Å²) < 4.78 is 20.7. The molecule has 1 aromatic heterocycles. The van der Waals surface area contributed by atoms with Gasteiger partial charge >= 0.3 is 0 Å². The predicted molar refractivity (Wildman–Crippen MR) is 142 cm³/mol. The molecule has 1 saturated carbocycles. The zero-order chi connectivity index (χ0) is 25.4. The van der Waals surface area contributed by atoms with Gasteiger partial charge in [0.2, 0.25) is 0 Å². The van der Waals surface area contributed by atoms with E-state index < -0.39 is 0 Å². The van der Waals surface area contributed by atoms with Gasteiger partial charge in [-0.2, -0.15) is 5.10 Å². The van der Waals surface area contributed by atoms with Crippen LogP contribution in [0.5, 0.6) is 5.75 Å². The lowest BCUT2D eigenvalue weighted by atomic mass is 10.0. The van der Waals surface area contributed by atoms with E-state index in [1.54, 1.807) is 18.2 Å².